The van der Waals surface area contributed by atoms with E-state index in [1.165, 1.54) is 5.56 Å². The predicted octanol–water partition coefficient (Wildman–Crippen LogP) is 6.38. The number of pyridine rings is 1. The molecule has 35 heavy (non-hydrogen) atoms. The van der Waals surface area contributed by atoms with Crippen LogP contribution in [0, 0.1) is 12.1 Å². The zero-order chi connectivity index (χ0) is 22.5. The molecule has 0 spiro atoms. The first kappa shape index (κ1) is 21.8. The summed E-state index contributed by atoms with van der Waals surface area (Å²) in [7, 11) is 0. The Kier molecular flexibility index (Phi) is 5.50. The molecule has 0 saturated carbocycles. The van der Waals surface area contributed by atoms with Crippen molar-refractivity contribution in [3.63, 3.8) is 0 Å². The van der Waals surface area contributed by atoms with E-state index in [1.54, 1.807) is 0 Å². The smallest absolute Gasteiger partial charge is 0.503 e. The third-order valence-electron chi connectivity index (χ3n) is 6.44. The van der Waals surface area contributed by atoms with Crippen molar-refractivity contribution >= 4 is 21.8 Å². The monoisotopic (exact) mass is 635 g/mol. The number of hydrogen-bond acceptors (Lipinski definition) is 3. The number of aromatic nitrogens is 4. The van der Waals surface area contributed by atoms with Crippen LogP contribution in [0.3, 0.4) is 0 Å². The fourth-order valence-electron chi connectivity index (χ4n) is 4.91. The summed E-state index contributed by atoms with van der Waals surface area (Å²) < 4.78 is 10.6. The molecule has 1 aliphatic rings. The van der Waals surface area contributed by atoms with Crippen molar-refractivity contribution < 1.29 is 25.8 Å². The molecule has 0 aliphatic carbocycles. The average molecular weight is 636 g/mol. The third-order valence-corrected chi connectivity index (χ3v) is 6.44. The third kappa shape index (κ3) is 3.67. The van der Waals surface area contributed by atoms with E-state index in [1.807, 2.05) is 55.0 Å². The quantitative estimate of drug-likeness (QED) is 0.212. The van der Waals surface area contributed by atoms with E-state index in [0.29, 0.717) is 11.5 Å². The summed E-state index contributed by atoms with van der Waals surface area (Å²) >= 11 is 0. The summed E-state index contributed by atoms with van der Waals surface area (Å²) in [5, 5.41) is 2.27. The predicted molar refractivity (Wildman–Crippen MR) is 132 cm³/mol. The first-order chi connectivity index (χ1) is 16.8. The van der Waals surface area contributed by atoms with Crippen LogP contribution in [0.1, 0.15) is 12.0 Å². The zero-order valence-electron chi connectivity index (χ0n) is 18.7. The van der Waals surface area contributed by atoms with Crippen LogP contribution in [0.5, 0.6) is 11.5 Å². The second-order valence-corrected chi connectivity index (χ2v) is 8.50. The minimum Gasteiger partial charge on any atom is -0.503 e. The van der Waals surface area contributed by atoms with Crippen LogP contribution < -0.4 is 4.74 Å². The van der Waals surface area contributed by atoms with E-state index in [4.69, 9.17) is 4.74 Å². The summed E-state index contributed by atoms with van der Waals surface area (Å²) in [5.74, 6) is 3.10. The molecule has 7 rings (SSSR count). The van der Waals surface area contributed by atoms with Crippen molar-refractivity contribution in [2.24, 2.45) is 0 Å². The number of aryl methyl sites for hydroxylation is 2. The molecule has 3 aromatic carbocycles. The molecule has 0 atom stereocenters. The summed E-state index contributed by atoms with van der Waals surface area (Å²) in [6.45, 7) is 0.969. The molecule has 0 fully saturated rings. The van der Waals surface area contributed by atoms with Gasteiger partial charge >= 0.3 is 21.1 Å². The number of imidazole rings is 1. The van der Waals surface area contributed by atoms with Crippen molar-refractivity contribution in [2.75, 3.05) is 0 Å². The molecule has 6 heteroatoms. The van der Waals surface area contributed by atoms with Crippen LogP contribution in [-0.4, -0.2) is 19.1 Å². The normalized spacial score (nSPS) is 12.6. The number of para-hydroxylation sites is 1. The fourth-order valence-corrected chi connectivity index (χ4v) is 4.91. The molecule has 172 valence electrons. The molecule has 3 aromatic heterocycles. The van der Waals surface area contributed by atoms with Gasteiger partial charge in [0.25, 0.3) is 0 Å². The topological polar surface area (TPSA) is 44.9 Å². The van der Waals surface area contributed by atoms with Gasteiger partial charge in [0.15, 0.2) is 0 Å². The van der Waals surface area contributed by atoms with E-state index in [-0.39, 0.29) is 21.1 Å². The standard InChI is InChI=1S/C29H20N4O.Pt/c1-2-8-26-23(7-1)24-13-12-22(19-27(24)33(26)28-9-3-4-14-30-28)34-21-11-10-20-6-5-16-32-17-15-31-29(32)25(20)18-21;/h1-4,7-15,17H,5-6,16H2;/q-2;+2. The van der Waals surface area contributed by atoms with Gasteiger partial charge in [-0.1, -0.05) is 42.3 Å². The average Bonchev–Trinajstić information content (AvgIpc) is 3.43. The van der Waals surface area contributed by atoms with Gasteiger partial charge in [-0.05, 0) is 30.0 Å². The molecule has 4 heterocycles. The van der Waals surface area contributed by atoms with Gasteiger partial charge in [-0.2, -0.15) is 6.07 Å². The number of nitrogens with zero attached hydrogens (tertiary/aromatic N) is 4. The Balaban J connectivity index is 0.00000229. The van der Waals surface area contributed by atoms with E-state index in [0.717, 1.165) is 58.4 Å². The Labute approximate surface area is 217 Å². The SMILES string of the molecule is [Pt+2].[c-]1c(Oc2[c-]c3c(cc2)c2ccccc2n3-c2ccccn2)ccc2c1-c1nccn1CCC2. The minimum atomic E-state index is 0. The second kappa shape index (κ2) is 8.83. The van der Waals surface area contributed by atoms with Crippen molar-refractivity contribution in [3.05, 3.63) is 103 Å². The van der Waals surface area contributed by atoms with Crippen LogP contribution in [-0.2, 0) is 34.0 Å². The molecular weight excluding hydrogens is 615 g/mol. The van der Waals surface area contributed by atoms with Crippen molar-refractivity contribution in [1.82, 2.24) is 19.1 Å². The van der Waals surface area contributed by atoms with E-state index in [9.17, 15) is 0 Å². The van der Waals surface area contributed by atoms with Gasteiger partial charge in [-0.25, -0.2) is 4.98 Å². The zero-order valence-corrected chi connectivity index (χ0v) is 21.0. The second-order valence-electron chi connectivity index (χ2n) is 8.50. The van der Waals surface area contributed by atoms with Gasteiger partial charge in [-0.15, -0.1) is 40.8 Å². The van der Waals surface area contributed by atoms with Gasteiger partial charge in [0, 0.05) is 42.2 Å². The maximum Gasteiger partial charge on any atom is 2.00 e. The number of ether oxygens (including phenoxy) is 1. The Morgan fingerprint density at radius 1 is 0.800 bits per heavy atom. The first-order valence-electron chi connectivity index (χ1n) is 11.5. The van der Waals surface area contributed by atoms with Crippen LogP contribution in [0.15, 0.2) is 85.3 Å². The van der Waals surface area contributed by atoms with Gasteiger partial charge in [0.1, 0.15) is 5.82 Å². The molecule has 0 N–H and O–H groups in total. The largest absolute Gasteiger partial charge is 2.00 e. The Morgan fingerprint density at radius 3 is 2.57 bits per heavy atom. The van der Waals surface area contributed by atoms with Crippen LogP contribution >= 0.6 is 0 Å². The van der Waals surface area contributed by atoms with Crippen LogP contribution in [0.4, 0.5) is 0 Å². The molecule has 0 radical (unpaired) electrons. The van der Waals surface area contributed by atoms with E-state index in [2.05, 4.69) is 61.6 Å². The maximum absolute atomic E-state index is 6.29. The van der Waals surface area contributed by atoms with Crippen molar-refractivity contribution in [2.45, 2.75) is 19.4 Å². The molecular formula is C29H20N4OPt. The molecule has 6 aromatic rings. The summed E-state index contributed by atoms with van der Waals surface area (Å²) in [6.07, 6.45) is 7.80. The molecule has 0 saturated heterocycles. The van der Waals surface area contributed by atoms with Gasteiger partial charge in [-0.3, -0.25) is 4.98 Å². The number of rotatable bonds is 3. The summed E-state index contributed by atoms with van der Waals surface area (Å²) in [4.78, 5) is 9.17. The maximum atomic E-state index is 6.29. The summed E-state index contributed by atoms with van der Waals surface area (Å²) in [6, 6.07) is 29.4. The van der Waals surface area contributed by atoms with E-state index >= 15 is 0 Å². The van der Waals surface area contributed by atoms with Gasteiger partial charge < -0.3 is 13.9 Å². The molecule has 0 amide bonds. The Bertz CT molecular complexity index is 1670. The van der Waals surface area contributed by atoms with Crippen molar-refractivity contribution in [3.8, 4) is 28.7 Å². The molecule has 0 unspecified atom stereocenters. The number of benzene rings is 3. The molecule has 1 aliphatic heterocycles. The van der Waals surface area contributed by atoms with Crippen molar-refractivity contribution in [1.29, 1.82) is 0 Å². The fraction of sp³-hybridized carbons (Fsp3) is 0.103. The van der Waals surface area contributed by atoms with Gasteiger partial charge in [0.05, 0.1) is 5.82 Å². The van der Waals surface area contributed by atoms with Crippen LogP contribution in [0.25, 0.3) is 39.0 Å². The minimum absolute atomic E-state index is 0. The Morgan fingerprint density at radius 2 is 1.66 bits per heavy atom. The summed E-state index contributed by atoms with van der Waals surface area (Å²) in [5.41, 5.74) is 4.30. The van der Waals surface area contributed by atoms with E-state index < -0.39 is 0 Å². The Hall–Kier alpha value is -3.69. The van der Waals surface area contributed by atoms with Gasteiger partial charge in [0.2, 0.25) is 0 Å². The molecule has 0 bridgehead atoms. The number of hydrogen-bond donors (Lipinski definition) is 0. The first-order valence-corrected chi connectivity index (χ1v) is 11.5. The molecule has 5 nitrogen and oxygen atoms in total. The van der Waals surface area contributed by atoms with Crippen LogP contribution in [0.2, 0.25) is 0 Å². The number of fused-ring (bicyclic) bond motifs is 6.